The van der Waals surface area contributed by atoms with Crippen LogP contribution in [0.25, 0.3) is 11.3 Å². The van der Waals surface area contributed by atoms with Crippen LogP contribution in [-0.2, 0) is 12.0 Å². The Morgan fingerprint density at radius 1 is 1.30 bits per heavy atom. The van der Waals surface area contributed by atoms with Crippen molar-refractivity contribution < 1.29 is 0 Å². The summed E-state index contributed by atoms with van der Waals surface area (Å²) in [7, 11) is 1.92. The van der Waals surface area contributed by atoms with E-state index in [0.29, 0.717) is 0 Å². The molecule has 0 unspecified atom stereocenters. The van der Waals surface area contributed by atoms with E-state index in [2.05, 4.69) is 77.1 Å². The Labute approximate surface area is 129 Å². The molecule has 20 heavy (non-hydrogen) atoms. The topological polar surface area (TPSA) is 40.7 Å². The molecule has 2 rings (SSSR count). The lowest BCUT2D eigenvalue weighted by atomic mass is 9.85. The number of hydrogen-bond donors (Lipinski definition) is 2. The minimum atomic E-state index is 0.170. The van der Waals surface area contributed by atoms with Crippen molar-refractivity contribution in [2.75, 3.05) is 7.05 Å². The summed E-state index contributed by atoms with van der Waals surface area (Å²) in [6.07, 6.45) is 0. The number of aromatic nitrogens is 2. The predicted octanol–water partition coefficient (Wildman–Crippen LogP) is 4.16. The van der Waals surface area contributed by atoms with Crippen LogP contribution in [0.3, 0.4) is 0 Å². The number of benzene rings is 1. The van der Waals surface area contributed by atoms with Gasteiger partial charge < -0.3 is 10.3 Å². The maximum atomic E-state index is 4.66. The number of imidazole rings is 1. The zero-order valence-electron chi connectivity index (χ0n) is 12.8. The molecular weight excluding hydrogens is 314 g/mol. The molecule has 1 aromatic carbocycles. The lowest BCUT2D eigenvalue weighted by Gasteiger charge is -2.20. The highest BCUT2D eigenvalue weighted by atomic mass is 79.9. The molecule has 0 spiro atoms. The molecule has 0 aliphatic rings. The minimum Gasteiger partial charge on any atom is -0.335 e. The summed E-state index contributed by atoms with van der Waals surface area (Å²) in [6.45, 7) is 9.58. The fraction of sp³-hybridized carbons (Fsp3) is 0.438. The first-order valence-electron chi connectivity index (χ1n) is 6.83. The van der Waals surface area contributed by atoms with Crippen LogP contribution in [0.2, 0.25) is 0 Å². The van der Waals surface area contributed by atoms with Crippen molar-refractivity contribution in [3.63, 3.8) is 0 Å². The molecule has 0 aliphatic carbocycles. The number of aromatic amines is 1. The number of H-pyrrole nitrogens is 1. The average molecular weight is 336 g/mol. The smallest absolute Gasteiger partial charge is 0.121 e. The van der Waals surface area contributed by atoms with Gasteiger partial charge in [0.05, 0.1) is 6.54 Å². The molecule has 0 saturated carbocycles. The third-order valence-corrected chi connectivity index (χ3v) is 3.97. The lowest BCUT2D eigenvalue weighted by molar-refractivity contribution is 0.590. The van der Waals surface area contributed by atoms with E-state index in [0.717, 1.165) is 22.7 Å². The third kappa shape index (κ3) is 3.13. The normalized spacial score (nSPS) is 11.9. The second kappa shape index (κ2) is 5.70. The van der Waals surface area contributed by atoms with Crippen molar-refractivity contribution in [1.82, 2.24) is 15.3 Å². The Bertz CT molecular complexity index is 609. The van der Waals surface area contributed by atoms with Crippen molar-refractivity contribution in [2.45, 2.75) is 39.7 Å². The van der Waals surface area contributed by atoms with Crippen LogP contribution < -0.4 is 5.32 Å². The highest BCUT2D eigenvalue weighted by Crippen LogP contribution is 2.32. The number of nitrogens with zero attached hydrogens (tertiary/aromatic N) is 1. The molecule has 3 nitrogen and oxygen atoms in total. The second-order valence-electron chi connectivity index (χ2n) is 6.16. The molecule has 0 amide bonds. The van der Waals surface area contributed by atoms with Crippen LogP contribution in [-0.4, -0.2) is 17.0 Å². The quantitative estimate of drug-likeness (QED) is 0.883. The lowest BCUT2D eigenvalue weighted by Crippen LogP contribution is -2.11. The van der Waals surface area contributed by atoms with E-state index in [-0.39, 0.29) is 5.41 Å². The van der Waals surface area contributed by atoms with Crippen LogP contribution in [0.5, 0.6) is 0 Å². The largest absolute Gasteiger partial charge is 0.335 e. The van der Waals surface area contributed by atoms with Gasteiger partial charge in [-0.2, -0.15) is 0 Å². The molecule has 0 bridgehead atoms. The fourth-order valence-corrected chi connectivity index (χ4v) is 2.75. The molecule has 0 fully saturated rings. The fourth-order valence-electron chi connectivity index (χ4n) is 2.22. The van der Waals surface area contributed by atoms with Gasteiger partial charge in [-0.15, -0.1) is 0 Å². The number of rotatable bonds is 3. The average Bonchev–Trinajstić information content (AvgIpc) is 2.69. The first-order chi connectivity index (χ1) is 9.32. The number of nitrogens with one attached hydrogen (secondary N) is 2. The maximum Gasteiger partial charge on any atom is 0.121 e. The monoisotopic (exact) mass is 335 g/mol. The van der Waals surface area contributed by atoms with Crippen molar-refractivity contribution in [3.05, 3.63) is 39.8 Å². The van der Waals surface area contributed by atoms with Gasteiger partial charge >= 0.3 is 0 Å². The van der Waals surface area contributed by atoms with E-state index >= 15 is 0 Å². The molecule has 1 aromatic heterocycles. The summed E-state index contributed by atoms with van der Waals surface area (Å²) in [6, 6.07) is 6.62. The highest BCUT2D eigenvalue weighted by Gasteiger charge is 2.17. The summed E-state index contributed by atoms with van der Waals surface area (Å²) in [5, 5.41) is 3.11. The first kappa shape index (κ1) is 15.3. The summed E-state index contributed by atoms with van der Waals surface area (Å²) < 4.78 is 0.939. The molecule has 2 N–H and O–H groups in total. The Hall–Kier alpha value is -1.13. The standard InChI is InChI=1S/C16H22BrN3/c1-10-8-11(16(2,3)4)6-7-12(10)14-15(17)20-13(19-14)9-18-5/h6-8,18H,9H2,1-5H3,(H,19,20). The summed E-state index contributed by atoms with van der Waals surface area (Å²) >= 11 is 3.57. The number of aryl methyl sites for hydroxylation is 1. The van der Waals surface area contributed by atoms with E-state index in [1.807, 2.05) is 7.05 Å². The zero-order valence-corrected chi connectivity index (χ0v) is 14.4. The minimum absolute atomic E-state index is 0.170. The van der Waals surface area contributed by atoms with Crippen LogP contribution in [0.4, 0.5) is 0 Å². The van der Waals surface area contributed by atoms with Crippen LogP contribution >= 0.6 is 15.9 Å². The predicted molar refractivity (Wildman–Crippen MR) is 87.9 cm³/mol. The van der Waals surface area contributed by atoms with Gasteiger partial charge in [-0.25, -0.2) is 4.98 Å². The molecule has 0 aliphatic heterocycles. The van der Waals surface area contributed by atoms with Gasteiger partial charge in [0, 0.05) is 5.56 Å². The van der Waals surface area contributed by atoms with Gasteiger partial charge in [0.2, 0.25) is 0 Å². The number of hydrogen-bond acceptors (Lipinski definition) is 2. The maximum absolute atomic E-state index is 4.66. The van der Waals surface area contributed by atoms with Crippen molar-refractivity contribution in [1.29, 1.82) is 0 Å². The van der Waals surface area contributed by atoms with Crippen LogP contribution in [0.15, 0.2) is 22.8 Å². The van der Waals surface area contributed by atoms with Gasteiger partial charge in [0.1, 0.15) is 16.1 Å². The van der Waals surface area contributed by atoms with Crippen LogP contribution in [0.1, 0.15) is 37.7 Å². The third-order valence-electron chi connectivity index (χ3n) is 3.40. The van der Waals surface area contributed by atoms with E-state index in [1.54, 1.807) is 0 Å². The molecule has 108 valence electrons. The van der Waals surface area contributed by atoms with Gasteiger partial charge in [0.15, 0.2) is 0 Å². The highest BCUT2D eigenvalue weighted by molar-refractivity contribution is 9.10. The number of halogens is 1. The van der Waals surface area contributed by atoms with Crippen molar-refractivity contribution >= 4 is 15.9 Å². The molecule has 0 radical (unpaired) electrons. The Balaban J connectivity index is 2.43. The molecule has 2 aromatic rings. The Morgan fingerprint density at radius 2 is 2.00 bits per heavy atom. The van der Waals surface area contributed by atoms with Crippen molar-refractivity contribution in [2.24, 2.45) is 0 Å². The van der Waals surface area contributed by atoms with Gasteiger partial charge in [-0.05, 0) is 46.4 Å². The van der Waals surface area contributed by atoms with Crippen LogP contribution in [0, 0.1) is 6.92 Å². The first-order valence-corrected chi connectivity index (χ1v) is 7.62. The van der Waals surface area contributed by atoms with Gasteiger partial charge in [0.25, 0.3) is 0 Å². The summed E-state index contributed by atoms with van der Waals surface area (Å²) in [5.41, 5.74) is 4.92. The second-order valence-corrected chi connectivity index (χ2v) is 6.95. The van der Waals surface area contributed by atoms with Gasteiger partial charge in [-0.1, -0.05) is 39.0 Å². The van der Waals surface area contributed by atoms with E-state index in [4.69, 9.17) is 0 Å². The van der Waals surface area contributed by atoms with E-state index < -0.39 is 0 Å². The SMILES string of the molecule is CNCc1nc(-c2ccc(C(C)(C)C)cc2C)c(Br)[nH]1. The molecule has 0 saturated heterocycles. The van der Waals surface area contributed by atoms with E-state index in [9.17, 15) is 0 Å². The Morgan fingerprint density at radius 3 is 2.55 bits per heavy atom. The molecule has 0 atom stereocenters. The molecule has 4 heteroatoms. The summed E-state index contributed by atoms with van der Waals surface area (Å²) in [5.74, 6) is 0.939. The summed E-state index contributed by atoms with van der Waals surface area (Å²) in [4.78, 5) is 7.92. The van der Waals surface area contributed by atoms with E-state index in [1.165, 1.54) is 16.7 Å². The van der Waals surface area contributed by atoms with Gasteiger partial charge in [-0.3, -0.25) is 0 Å². The van der Waals surface area contributed by atoms with Crippen molar-refractivity contribution in [3.8, 4) is 11.3 Å². The zero-order chi connectivity index (χ0) is 14.9. The molecular formula is C16H22BrN3. The molecule has 1 heterocycles. The Kier molecular flexibility index (Phi) is 4.35.